The summed E-state index contributed by atoms with van der Waals surface area (Å²) in [4.78, 5) is 0. The maximum atomic E-state index is 18.3. The summed E-state index contributed by atoms with van der Waals surface area (Å²) in [7, 11) is 0. The van der Waals surface area contributed by atoms with Crippen molar-refractivity contribution in [2.45, 2.75) is 46.0 Å². The van der Waals surface area contributed by atoms with Gasteiger partial charge in [0, 0.05) is 32.7 Å². The van der Waals surface area contributed by atoms with Gasteiger partial charge in [-0.2, -0.15) is 5.26 Å². The predicted octanol–water partition coefficient (Wildman–Crippen LogP) is 17.9. The van der Waals surface area contributed by atoms with E-state index in [1.807, 2.05) is 207 Å². The van der Waals surface area contributed by atoms with Gasteiger partial charge < -0.3 is 13.9 Å². The van der Waals surface area contributed by atoms with Crippen LogP contribution in [0, 0.1) is 39.0 Å². The summed E-state index contributed by atoms with van der Waals surface area (Å²) in [6.07, 6.45) is -1.81. The Morgan fingerprint density at radius 3 is 1.08 bits per heavy atom. The van der Waals surface area contributed by atoms with E-state index in [9.17, 15) is 5.26 Å². The number of aryl methyl sites for hydroxylation is 4. The minimum atomic E-state index is -4.15. The number of nitrogens with zero attached hydrogens (tertiary/aromatic N) is 3. The number of nitriles is 1. The number of benzene rings is 11. The normalized spacial score (nSPS) is 14.0. The highest BCUT2D eigenvalue weighted by molar-refractivity contribution is 6.98. The maximum Gasteiger partial charge on any atom is 0.281 e. The van der Waals surface area contributed by atoms with E-state index in [-0.39, 0.29) is 16.8 Å². The van der Waals surface area contributed by atoms with E-state index in [1.165, 1.54) is 0 Å². The first-order valence-corrected chi connectivity index (χ1v) is 28.0. The molecule has 0 bridgehead atoms. The van der Waals surface area contributed by atoms with Crippen LogP contribution in [0.1, 0.15) is 45.4 Å². The van der Waals surface area contributed by atoms with Crippen molar-refractivity contribution in [3.8, 4) is 73.5 Å². The summed E-state index contributed by atoms with van der Waals surface area (Å²) in [5.41, 5.74) is 12.4. The molecule has 2 aliphatic rings. The monoisotopic (exact) mass is 1080 g/mol. The van der Waals surface area contributed by atoms with Crippen LogP contribution in [0.2, 0.25) is 0 Å². The highest BCUT2D eigenvalue weighted by Gasteiger charge is 2.61. The number of hydrogen-bond donors (Lipinski definition) is 0. The molecule has 2 aromatic heterocycles. The molecule has 3 heterocycles. The van der Waals surface area contributed by atoms with Crippen LogP contribution in [0.15, 0.2) is 218 Å². The highest BCUT2D eigenvalue weighted by atomic mass is 19.3. The van der Waals surface area contributed by atoms with Gasteiger partial charge in [-0.1, -0.05) is 169 Å². The number of ether oxygens (including phenoxy) is 1. The number of halogens is 4. The summed E-state index contributed by atoms with van der Waals surface area (Å²) in [5, 5.41) is 15.3. The number of fused-ring (bicyclic) bond motifs is 9. The third-order valence-corrected chi connectivity index (χ3v) is 17.3. The average molecular weight is 1080 g/mol. The Morgan fingerprint density at radius 1 is 0.398 bits per heavy atom. The Bertz CT molecular complexity index is 4660. The van der Waals surface area contributed by atoms with Gasteiger partial charge >= 0.3 is 0 Å². The fraction of sp³-hybridized carbons (Fsp3) is 0.0946. The third kappa shape index (κ3) is 7.73. The average Bonchev–Trinajstić information content (AvgIpc) is 1.68. The molecule has 11 aromatic carbocycles. The lowest BCUT2D eigenvalue weighted by Crippen LogP contribution is -2.59. The van der Waals surface area contributed by atoms with E-state index in [2.05, 4.69) is 54.6 Å². The molecule has 15 rings (SSSR count). The van der Waals surface area contributed by atoms with Gasteiger partial charge in [-0.3, -0.25) is 0 Å². The van der Waals surface area contributed by atoms with Crippen LogP contribution >= 0.6 is 0 Å². The van der Waals surface area contributed by atoms with Crippen LogP contribution < -0.4 is 21.1 Å². The molecule has 13 aromatic rings. The maximum absolute atomic E-state index is 18.3. The van der Waals surface area contributed by atoms with Gasteiger partial charge in [-0.15, -0.1) is 0 Å². The Morgan fingerprint density at radius 2 is 0.735 bits per heavy atom. The summed E-state index contributed by atoms with van der Waals surface area (Å²) in [5.74, 6) is -7.38. The molecule has 0 fully saturated rings. The number of hydrogen-bond acceptors (Lipinski definition) is 2. The molecule has 0 atom stereocenters. The Balaban J connectivity index is 1.20. The number of alkyl halides is 4. The van der Waals surface area contributed by atoms with Gasteiger partial charge in [0.15, 0.2) is 0 Å². The standard InChI is InChI=1S/C74H50BF4N3O/c1-43-33-45(3)68-64(35-43)83-65-36-44(2)34-46(4)69(65)75(68)70-67-66(73(76,77)42-74(67,78)79)59(41-80)71(81-60-29-25-51(47-17-9-5-10-18-47)37-55(60)56-38-52(26-30-61(56)81)48-19-11-6-12-20-48)72(70)82-62-31-27-53(49-21-13-7-14-22-49)39-57(62)58-40-54(28-32-63(58)82)50-23-15-8-16-24-50/h5-40H,42H2,1-4H3. The van der Waals surface area contributed by atoms with E-state index < -0.39 is 41.7 Å². The van der Waals surface area contributed by atoms with Crippen LogP contribution in [0.3, 0.4) is 0 Å². The first-order chi connectivity index (χ1) is 40.3. The zero-order chi connectivity index (χ0) is 56.6. The van der Waals surface area contributed by atoms with Gasteiger partial charge in [-0.25, -0.2) is 17.6 Å². The van der Waals surface area contributed by atoms with Crippen molar-refractivity contribution in [3.05, 3.63) is 257 Å². The van der Waals surface area contributed by atoms with E-state index in [4.69, 9.17) is 4.74 Å². The summed E-state index contributed by atoms with van der Waals surface area (Å²) in [6, 6.07) is 74.8. The van der Waals surface area contributed by atoms with E-state index in [1.54, 1.807) is 0 Å². The van der Waals surface area contributed by atoms with E-state index in [0.717, 1.165) is 88.3 Å². The Labute approximate surface area is 477 Å². The molecule has 0 saturated heterocycles. The first kappa shape index (κ1) is 50.1. The molecule has 0 spiro atoms. The Kier molecular flexibility index (Phi) is 11.2. The number of rotatable bonds is 7. The molecule has 0 saturated carbocycles. The van der Waals surface area contributed by atoms with Gasteiger partial charge in [0.2, 0.25) is 0 Å². The molecule has 1 aliphatic carbocycles. The van der Waals surface area contributed by atoms with E-state index in [0.29, 0.717) is 44.5 Å². The van der Waals surface area contributed by atoms with Gasteiger partial charge in [0.1, 0.15) is 17.6 Å². The second-order valence-electron chi connectivity index (χ2n) is 22.5. The summed E-state index contributed by atoms with van der Waals surface area (Å²) in [6.45, 7) is 6.67. The fourth-order valence-corrected chi connectivity index (χ4v) is 13.9. The van der Waals surface area contributed by atoms with Gasteiger partial charge in [0.25, 0.3) is 18.6 Å². The molecule has 1 aliphatic heterocycles. The van der Waals surface area contributed by atoms with Gasteiger partial charge in [0.05, 0.1) is 45.4 Å². The van der Waals surface area contributed by atoms with Crippen LogP contribution in [-0.2, 0) is 11.8 Å². The Hall–Kier alpha value is -9.91. The second kappa shape index (κ2) is 18.6. The summed E-state index contributed by atoms with van der Waals surface area (Å²) >= 11 is 0. The molecule has 4 nitrogen and oxygen atoms in total. The van der Waals surface area contributed by atoms with Crippen molar-refractivity contribution >= 4 is 66.7 Å². The molecule has 9 heteroatoms. The molecule has 0 N–H and O–H groups in total. The number of aromatic nitrogens is 2. The van der Waals surface area contributed by atoms with Crippen molar-refractivity contribution in [1.82, 2.24) is 9.13 Å². The largest absolute Gasteiger partial charge is 0.458 e. The zero-order valence-electron chi connectivity index (χ0n) is 45.8. The van der Waals surface area contributed by atoms with Crippen molar-refractivity contribution in [1.29, 1.82) is 5.26 Å². The lowest BCUT2D eigenvalue weighted by molar-refractivity contribution is -0.0922. The molecule has 0 radical (unpaired) electrons. The van der Waals surface area contributed by atoms with Crippen molar-refractivity contribution < 1.29 is 22.3 Å². The second-order valence-corrected chi connectivity index (χ2v) is 22.5. The molecular formula is C74H50BF4N3O. The molecular weight excluding hydrogens is 1030 g/mol. The van der Waals surface area contributed by atoms with Crippen LogP contribution in [-0.4, -0.2) is 15.8 Å². The van der Waals surface area contributed by atoms with Crippen molar-refractivity contribution in [3.63, 3.8) is 0 Å². The summed E-state index contributed by atoms with van der Waals surface area (Å²) < 4.78 is 83.4. The first-order valence-electron chi connectivity index (χ1n) is 28.0. The quantitative estimate of drug-likeness (QED) is 0.118. The lowest BCUT2D eigenvalue weighted by atomic mass is 9.33. The predicted molar refractivity (Wildman–Crippen MR) is 331 cm³/mol. The topological polar surface area (TPSA) is 42.9 Å². The fourth-order valence-electron chi connectivity index (χ4n) is 13.9. The minimum absolute atomic E-state index is 0.0178. The highest BCUT2D eigenvalue weighted by Crippen LogP contribution is 2.57. The minimum Gasteiger partial charge on any atom is -0.458 e. The zero-order valence-corrected chi connectivity index (χ0v) is 45.8. The smallest absolute Gasteiger partial charge is 0.281 e. The van der Waals surface area contributed by atoms with Gasteiger partial charge in [-0.05, 0) is 160 Å². The molecule has 398 valence electrons. The molecule has 0 amide bonds. The van der Waals surface area contributed by atoms with Crippen molar-refractivity contribution in [2.24, 2.45) is 0 Å². The molecule has 83 heavy (non-hydrogen) atoms. The SMILES string of the molecule is Cc1cc(C)c2c(c1)Oc1cc(C)cc(C)c1B2c1c(-n2c3ccc(-c4ccccc4)cc3c3cc(-c4ccccc4)ccc32)c(-n2c3ccc(-c4ccccc4)cc3c3cc(-c4ccccc4)ccc32)c(C#N)c2c1C(F)(F)CC2(F)F. The molecule has 0 unspecified atom stereocenters. The van der Waals surface area contributed by atoms with Crippen molar-refractivity contribution in [2.75, 3.05) is 0 Å². The van der Waals surface area contributed by atoms with Crippen LogP contribution in [0.4, 0.5) is 17.6 Å². The van der Waals surface area contributed by atoms with Crippen LogP contribution in [0.25, 0.3) is 99.5 Å². The lowest BCUT2D eigenvalue weighted by Gasteiger charge is -2.35. The van der Waals surface area contributed by atoms with E-state index >= 15 is 17.6 Å². The van der Waals surface area contributed by atoms with Crippen LogP contribution in [0.5, 0.6) is 11.5 Å². The third-order valence-electron chi connectivity index (χ3n) is 17.3.